The summed E-state index contributed by atoms with van der Waals surface area (Å²) < 4.78 is 10.8. The molecule has 34 heavy (non-hydrogen) atoms. The maximum absolute atomic E-state index is 13.2. The van der Waals surface area contributed by atoms with Crippen molar-refractivity contribution in [3.8, 4) is 5.75 Å². The number of aliphatic hydroxyl groups excluding tert-OH is 1. The molecule has 4 rings (SSSR count). The number of amides is 1. The number of morpholine rings is 1. The average Bonchev–Trinajstić information content (AvgIpc) is 3.11. The van der Waals surface area contributed by atoms with E-state index in [-0.39, 0.29) is 11.3 Å². The number of likely N-dealkylation sites (tertiary alicyclic amines) is 1. The molecule has 0 aromatic heterocycles. The zero-order valence-electron chi connectivity index (χ0n) is 18.8. The highest BCUT2D eigenvalue weighted by atomic mass is 35.5. The second-order valence-corrected chi connectivity index (χ2v) is 8.99. The summed E-state index contributed by atoms with van der Waals surface area (Å²) in [6, 6.07) is 11.0. The fourth-order valence-electron chi connectivity index (χ4n) is 4.41. The van der Waals surface area contributed by atoms with Crippen molar-refractivity contribution in [2.75, 3.05) is 46.5 Å². The average molecular weight is 505 g/mol. The Balaban J connectivity index is 1.72. The summed E-state index contributed by atoms with van der Waals surface area (Å²) in [5, 5.41) is 11.9. The predicted molar refractivity (Wildman–Crippen MR) is 130 cm³/mol. The van der Waals surface area contributed by atoms with E-state index < -0.39 is 17.7 Å². The number of rotatable bonds is 7. The molecular weight excluding hydrogens is 479 g/mol. The Morgan fingerprint density at radius 3 is 2.53 bits per heavy atom. The van der Waals surface area contributed by atoms with Crippen molar-refractivity contribution < 1.29 is 24.2 Å². The Bertz CT molecular complexity index is 1110. The number of hydrogen-bond acceptors (Lipinski definition) is 6. The van der Waals surface area contributed by atoms with E-state index in [9.17, 15) is 14.7 Å². The lowest BCUT2D eigenvalue weighted by molar-refractivity contribution is -0.140. The minimum absolute atomic E-state index is 0.000684. The molecule has 7 nitrogen and oxygen atoms in total. The lowest BCUT2D eigenvalue weighted by Crippen LogP contribution is -2.38. The van der Waals surface area contributed by atoms with Crippen LogP contribution in [0.15, 0.2) is 48.0 Å². The highest BCUT2D eigenvalue weighted by Crippen LogP contribution is 2.42. The van der Waals surface area contributed by atoms with Gasteiger partial charge in [0.1, 0.15) is 11.5 Å². The summed E-state index contributed by atoms with van der Waals surface area (Å²) in [5.74, 6) is -1.30. The number of halogens is 2. The number of methoxy groups -OCH3 is 1. The van der Waals surface area contributed by atoms with Crippen LogP contribution in [0.25, 0.3) is 5.76 Å². The molecule has 1 unspecified atom stereocenters. The maximum Gasteiger partial charge on any atom is 0.295 e. The Morgan fingerprint density at radius 2 is 1.82 bits per heavy atom. The van der Waals surface area contributed by atoms with E-state index in [1.807, 2.05) is 0 Å². The molecule has 2 saturated heterocycles. The van der Waals surface area contributed by atoms with E-state index in [0.29, 0.717) is 53.1 Å². The van der Waals surface area contributed by atoms with Crippen molar-refractivity contribution in [3.05, 3.63) is 69.2 Å². The molecule has 2 fully saturated rings. The van der Waals surface area contributed by atoms with Gasteiger partial charge in [-0.15, -0.1) is 0 Å². The number of para-hydroxylation sites is 1. The lowest BCUT2D eigenvalue weighted by Gasteiger charge is -2.29. The molecule has 2 aliphatic rings. The zero-order valence-corrected chi connectivity index (χ0v) is 20.3. The molecule has 0 spiro atoms. The number of hydrogen-bond donors (Lipinski definition) is 1. The van der Waals surface area contributed by atoms with E-state index >= 15 is 0 Å². The van der Waals surface area contributed by atoms with Gasteiger partial charge < -0.3 is 19.5 Å². The van der Waals surface area contributed by atoms with Crippen molar-refractivity contribution in [3.63, 3.8) is 0 Å². The van der Waals surface area contributed by atoms with Crippen molar-refractivity contribution in [2.45, 2.75) is 12.5 Å². The lowest BCUT2D eigenvalue weighted by atomic mass is 9.95. The molecule has 2 aromatic rings. The Labute approximate surface area is 208 Å². The van der Waals surface area contributed by atoms with Crippen LogP contribution in [0.5, 0.6) is 5.75 Å². The molecule has 0 radical (unpaired) electrons. The van der Waals surface area contributed by atoms with Crippen molar-refractivity contribution in [1.29, 1.82) is 0 Å². The Morgan fingerprint density at radius 1 is 1.09 bits per heavy atom. The van der Waals surface area contributed by atoms with E-state index in [1.54, 1.807) is 42.5 Å². The highest BCUT2D eigenvalue weighted by Gasteiger charge is 2.46. The molecule has 0 saturated carbocycles. The third kappa shape index (κ3) is 4.93. The van der Waals surface area contributed by atoms with Gasteiger partial charge in [0, 0.05) is 26.2 Å². The van der Waals surface area contributed by atoms with Crippen molar-refractivity contribution in [2.24, 2.45) is 0 Å². The minimum Gasteiger partial charge on any atom is -0.507 e. The summed E-state index contributed by atoms with van der Waals surface area (Å²) in [5.41, 5.74) is 0.928. The molecule has 180 valence electrons. The standard InChI is InChI=1S/C25H26Cl2N2O5/c1-33-20-6-3-2-5-17(20)23(30)21-22(16-7-8-18(26)19(27)15-16)29(25(32)24(21)31)10-4-9-28-11-13-34-14-12-28/h2-3,5-8,15,22,30H,4,9-14H2,1H3/b23-21+. The molecule has 1 N–H and O–H groups in total. The summed E-state index contributed by atoms with van der Waals surface area (Å²) in [6.45, 7) is 4.16. The van der Waals surface area contributed by atoms with E-state index in [1.165, 1.54) is 12.0 Å². The first-order valence-electron chi connectivity index (χ1n) is 11.1. The Hall–Kier alpha value is -2.58. The van der Waals surface area contributed by atoms with Gasteiger partial charge in [0.2, 0.25) is 0 Å². The van der Waals surface area contributed by atoms with Gasteiger partial charge in [-0.1, -0.05) is 41.4 Å². The number of carbonyl (C=O) groups excluding carboxylic acids is 2. The van der Waals surface area contributed by atoms with Crippen LogP contribution in [0, 0.1) is 0 Å². The largest absolute Gasteiger partial charge is 0.507 e. The maximum atomic E-state index is 13.2. The van der Waals surface area contributed by atoms with Gasteiger partial charge in [0.05, 0.1) is 47.5 Å². The predicted octanol–water partition coefficient (Wildman–Crippen LogP) is 4.15. The first-order valence-corrected chi connectivity index (χ1v) is 11.8. The monoisotopic (exact) mass is 504 g/mol. The third-order valence-corrected chi connectivity index (χ3v) is 6.88. The van der Waals surface area contributed by atoms with E-state index in [0.717, 1.165) is 19.6 Å². The fraction of sp³-hybridized carbons (Fsp3) is 0.360. The number of aliphatic hydroxyl groups is 1. The third-order valence-electron chi connectivity index (χ3n) is 6.14. The summed E-state index contributed by atoms with van der Waals surface area (Å²) in [4.78, 5) is 30.1. The number of benzene rings is 2. The molecule has 2 heterocycles. The van der Waals surface area contributed by atoms with Crippen LogP contribution in [-0.4, -0.2) is 73.1 Å². The van der Waals surface area contributed by atoms with Crippen LogP contribution in [0.1, 0.15) is 23.6 Å². The molecule has 9 heteroatoms. The van der Waals surface area contributed by atoms with Gasteiger partial charge in [0.25, 0.3) is 11.7 Å². The highest BCUT2D eigenvalue weighted by molar-refractivity contribution is 6.47. The van der Waals surface area contributed by atoms with Gasteiger partial charge in [-0.05, 0) is 36.2 Å². The quantitative estimate of drug-likeness (QED) is 0.346. The minimum atomic E-state index is -0.802. The van der Waals surface area contributed by atoms with Gasteiger partial charge >= 0.3 is 0 Å². The normalized spacial score (nSPS) is 20.7. The van der Waals surface area contributed by atoms with Crippen LogP contribution >= 0.6 is 23.2 Å². The van der Waals surface area contributed by atoms with Crippen molar-refractivity contribution in [1.82, 2.24) is 9.80 Å². The summed E-state index contributed by atoms with van der Waals surface area (Å²) >= 11 is 12.4. The molecule has 2 aliphatic heterocycles. The van der Waals surface area contributed by atoms with Gasteiger partial charge in [-0.2, -0.15) is 0 Å². The van der Waals surface area contributed by atoms with E-state index in [4.69, 9.17) is 32.7 Å². The molecule has 1 amide bonds. The topological polar surface area (TPSA) is 79.3 Å². The fourth-order valence-corrected chi connectivity index (χ4v) is 4.72. The van der Waals surface area contributed by atoms with Crippen LogP contribution in [0.2, 0.25) is 10.0 Å². The van der Waals surface area contributed by atoms with Gasteiger partial charge in [-0.25, -0.2) is 0 Å². The SMILES string of the molecule is COc1ccccc1/C(O)=C1\C(=O)C(=O)N(CCCN2CCOCC2)C1c1ccc(Cl)c(Cl)c1. The second kappa shape index (κ2) is 10.8. The molecule has 0 bridgehead atoms. The number of Topliss-reactive ketones (excluding diaryl/α,β-unsaturated/α-hetero) is 1. The number of ether oxygens (including phenoxy) is 2. The summed E-state index contributed by atoms with van der Waals surface area (Å²) in [6.07, 6.45) is 0.666. The number of ketones is 1. The first-order chi connectivity index (χ1) is 16.4. The first kappa shape index (κ1) is 24.5. The van der Waals surface area contributed by atoms with Crippen LogP contribution in [0.3, 0.4) is 0 Å². The molecular formula is C25H26Cl2N2O5. The van der Waals surface area contributed by atoms with E-state index in [2.05, 4.69) is 4.90 Å². The van der Waals surface area contributed by atoms with Crippen LogP contribution in [0.4, 0.5) is 0 Å². The number of nitrogens with zero attached hydrogens (tertiary/aromatic N) is 2. The van der Waals surface area contributed by atoms with Crippen LogP contribution in [-0.2, 0) is 14.3 Å². The molecule has 1 atom stereocenters. The Kier molecular flexibility index (Phi) is 7.78. The smallest absolute Gasteiger partial charge is 0.295 e. The van der Waals surface area contributed by atoms with Crippen molar-refractivity contribution >= 4 is 40.7 Å². The van der Waals surface area contributed by atoms with Gasteiger partial charge in [0.15, 0.2) is 0 Å². The van der Waals surface area contributed by atoms with Crippen LogP contribution < -0.4 is 4.74 Å². The summed E-state index contributed by atoms with van der Waals surface area (Å²) in [7, 11) is 1.48. The molecule has 0 aliphatic carbocycles. The second-order valence-electron chi connectivity index (χ2n) is 8.17. The molecule has 2 aromatic carbocycles. The zero-order chi connectivity index (χ0) is 24.2. The number of carbonyl (C=O) groups is 2. The van der Waals surface area contributed by atoms with Gasteiger partial charge in [-0.3, -0.25) is 14.5 Å².